The van der Waals surface area contributed by atoms with Crippen molar-refractivity contribution < 1.29 is 4.39 Å². The van der Waals surface area contributed by atoms with E-state index in [1.54, 1.807) is 0 Å². The van der Waals surface area contributed by atoms with E-state index < -0.39 is 6.17 Å². The van der Waals surface area contributed by atoms with Gasteiger partial charge in [-0.25, -0.2) is 24.3 Å². The second kappa shape index (κ2) is 32.3. The summed E-state index contributed by atoms with van der Waals surface area (Å²) >= 11 is 7.11. The molecule has 15 nitrogen and oxygen atoms in total. The fourth-order valence-corrected chi connectivity index (χ4v) is 18.6. The molecule has 0 radical (unpaired) electrons. The molecule has 17 heteroatoms. The summed E-state index contributed by atoms with van der Waals surface area (Å²) < 4.78 is 15.8. The van der Waals surface area contributed by atoms with Crippen LogP contribution in [0, 0.1) is 28.6 Å². The predicted octanol–water partition coefficient (Wildman–Crippen LogP) is 17.0. The fourth-order valence-electron chi connectivity index (χ4n) is 18.3. The molecule has 3 aliphatic carbocycles. The van der Waals surface area contributed by atoms with E-state index in [1.165, 1.54) is 66.6 Å². The molecule has 1 spiro atoms. The van der Waals surface area contributed by atoms with Gasteiger partial charge in [0.25, 0.3) is 0 Å². The van der Waals surface area contributed by atoms with E-state index in [1.807, 2.05) is 45.0 Å². The highest BCUT2D eigenvalue weighted by Gasteiger charge is 2.49. The largest absolute Gasteiger partial charge is 0.398 e. The molecule has 7 heterocycles. The second-order valence-electron chi connectivity index (χ2n) is 30.3. The van der Waals surface area contributed by atoms with Crippen LogP contribution in [-0.4, -0.2) is 103 Å². The first-order valence-electron chi connectivity index (χ1n) is 38.0. The molecule has 526 valence electrons. The topological polar surface area (TPSA) is 203 Å². The predicted molar refractivity (Wildman–Crippen MR) is 397 cm³/mol. The number of unbranched alkanes of at least 4 members (excludes halogenated alkanes) is 2. The zero-order chi connectivity index (χ0) is 69.3. The lowest BCUT2D eigenvalue weighted by Crippen LogP contribution is -2.40. The highest BCUT2D eigenvalue weighted by Crippen LogP contribution is 2.53. The Morgan fingerprint density at radius 2 is 1.61 bits per heavy atom. The van der Waals surface area contributed by atoms with Crippen molar-refractivity contribution in [2.24, 2.45) is 5.92 Å². The Bertz CT molecular complexity index is 3630. The number of alkyl halides is 1. The number of hydrogen-bond acceptors (Lipinski definition) is 14. The van der Waals surface area contributed by atoms with Crippen LogP contribution in [0.2, 0.25) is 5.02 Å². The lowest BCUT2D eigenvalue weighted by Gasteiger charge is -2.45. The van der Waals surface area contributed by atoms with E-state index in [0.717, 1.165) is 218 Å². The average molecular weight is 1340 g/mol. The molecule has 4 aliphatic heterocycles. The molecular weight excluding hydrogens is 1230 g/mol. The summed E-state index contributed by atoms with van der Waals surface area (Å²) in [6, 6.07) is 13.7. The molecule has 3 aromatic heterocycles. The van der Waals surface area contributed by atoms with Gasteiger partial charge in [0, 0.05) is 98.2 Å². The Kier molecular flexibility index (Phi) is 24.5. The number of benzene rings is 2. The van der Waals surface area contributed by atoms with Gasteiger partial charge in [-0.3, -0.25) is 9.58 Å². The highest BCUT2D eigenvalue weighted by atomic mass is 35.5. The number of fused-ring (bicyclic) bond motifs is 6. The Hall–Kier alpha value is -6.33. The van der Waals surface area contributed by atoms with Crippen LogP contribution in [0.1, 0.15) is 294 Å². The Labute approximate surface area is 587 Å². The van der Waals surface area contributed by atoms with E-state index in [2.05, 4.69) is 104 Å². The summed E-state index contributed by atoms with van der Waals surface area (Å²) in [6.07, 6.45) is 27.4. The molecular formula is C80H117ClFN15. The van der Waals surface area contributed by atoms with Crippen LogP contribution in [0.15, 0.2) is 30.8 Å². The molecule has 12 rings (SSSR count). The SMILES string of the molecule is C=C(c1nn2c(c1Cl)CN(c1nc(CCC34CCCN3CC(CC)C4)nc3c1CCC1(CCC(C)c4ccc(N)c(C#N)c41)C3)CCC2)N(C)C.CC.CCCC(CCC)Nc1nc(CC)nc2c1CCC(c1c([C@H](CC)CCCCCC3(C)CC(F)CN3)ccc(N)c1C#N)C2. The molecule has 7 aliphatic rings. The van der Waals surface area contributed by atoms with E-state index >= 15 is 0 Å². The summed E-state index contributed by atoms with van der Waals surface area (Å²) in [4.78, 5) is 28.3. The van der Waals surface area contributed by atoms with Crippen molar-refractivity contribution in [2.75, 3.05) is 62.0 Å². The van der Waals surface area contributed by atoms with Gasteiger partial charge < -0.3 is 31.9 Å². The third-order valence-corrected chi connectivity index (χ3v) is 24.1. The van der Waals surface area contributed by atoms with Gasteiger partial charge in [-0.2, -0.15) is 15.6 Å². The normalized spacial score (nSPS) is 24.3. The number of halogens is 2. The minimum Gasteiger partial charge on any atom is -0.398 e. The molecule has 7 unspecified atom stereocenters. The number of nitrogens with one attached hydrogen (secondary N) is 2. The van der Waals surface area contributed by atoms with Crippen molar-refractivity contribution in [1.82, 2.24) is 44.8 Å². The van der Waals surface area contributed by atoms with Gasteiger partial charge in [0.05, 0.1) is 45.5 Å². The minimum atomic E-state index is -0.712. The molecule has 0 amide bonds. The van der Waals surface area contributed by atoms with Gasteiger partial charge in [0.1, 0.15) is 47.3 Å². The van der Waals surface area contributed by atoms with Crippen molar-refractivity contribution in [3.63, 3.8) is 0 Å². The van der Waals surface area contributed by atoms with Crippen molar-refractivity contribution in [3.8, 4) is 12.1 Å². The molecule has 3 saturated heterocycles. The zero-order valence-corrected chi connectivity index (χ0v) is 61.9. The maximum Gasteiger partial charge on any atom is 0.136 e. The quantitative estimate of drug-likeness (QED) is 0.0355. The van der Waals surface area contributed by atoms with Crippen molar-refractivity contribution >= 4 is 40.3 Å². The molecule has 5 aromatic rings. The summed E-state index contributed by atoms with van der Waals surface area (Å²) in [5.41, 5.74) is 27.9. The maximum atomic E-state index is 13.8. The summed E-state index contributed by atoms with van der Waals surface area (Å²) in [7, 11) is 3.96. The molecule has 8 atom stereocenters. The van der Waals surface area contributed by atoms with E-state index in [9.17, 15) is 14.9 Å². The van der Waals surface area contributed by atoms with Gasteiger partial charge >= 0.3 is 0 Å². The van der Waals surface area contributed by atoms with E-state index in [-0.39, 0.29) is 22.4 Å². The number of nitrogens with zero attached hydrogens (tertiary/aromatic N) is 11. The van der Waals surface area contributed by atoms with Gasteiger partial charge in [-0.05, 0) is 194 Å². The minimum absolute atomic E-state index is 0.0594. The van der Waals surface area contributed by atoms with Gasteiger partial charge in [-0.1, -0.05) is 124 Å². The number of anilines is 4. The Morgan fingerprint density at radius 1 is 0.856 bits per heavy atom. The third-order valence-electron chi connectivity index (χ3n) is 23.7. The van der Waals surface area contributed by atoms with E-state index in [4.69, 9.17) is 48.1 Å². The van der Waals surface area contributed by atoms with Crippen LogP contribution >= 0.6 is 11.6 Å². The molecule has 0 bridgehead atoms. The smallest absolute Gasteiger partial charge is 0.136 e. The highest BCUT2D eigenvalue weighted by molar-refractivity contribution is 6.32. The van der Waals surface area contributed by atoms with Crippen molar-refractivity contribution in [2.45, 2.75) is 295 Å². The van der Waals surface area contributed by atoms with Crippen LogP contribution in [-0.2, 0) is 57.0 Å². The van der Waals surface area contributed by atoms with E-state index in [0.29, 0.717) is 64.9 Å². The Balaban J connectivity index is 0.000000208. The van der Waals surface area contributed by atoms with Gasteiger partial charge in [0.15, 0.2) is 0 Å². The number of rotatable bonds is 23. The van der Waals surface area contributed by atoms with Crippen molar-refractivity contribution in [3.05, 3.63) is 115 Å². The zero-order valence-electron chi connectivity index (χ0n) is 61.1. The number of aryl methyl sites for hydroxylation is 3. The first-order chi connectivity index (χ1) is 46.8. The number of nitrogen functional groups attached to an aromatic ring is 2. The fraction of sp³-hybridized carbons (Fsp3) is 0.662. The number of aromatic nitrogens is 6. The maximum absolute atomic E-state index is 13.8. The van der Waals surface area contributed by atoms with Crippen LogP contribution in [0.3, 0.4) is 0 Å². The summed E-state index contributed by atoms with van der Waals surface area (Å²) in [5, 5.41) is 33.6. The number of nitriles is 2. The monoisotopic (exact) mass is 1340 g/mol. The van der Waals surface area contributed by atoms with Gasteiger partial charge in [0.2, 0.25) is 0 Å². The molecule has 3 fully saturated rings. The number of hydrogen-bond donors (Lipinski definition) is 4. The lowest BCUT2D eigenvalue weighted by molar-refractivity contribution is 0.181. The van der Waals surface area contributed by atoms with Crippen LogP contribution in [0.4, 0.5) is 27.4 Å². The molecule has 97 heavy (non-hydrogen) atoms. The molecule has 2 aromatic carbocycles. The molecule has 6 N–H and O–H groups in total. The molecule has 0 saturated carbocycles. The van der Waals surface area contributed by atoms with Crippen molar-refractivity contribution in [1.29, 1.82) is 10.5 Å². The van der Waals surface area contributed by atoms with Crippen LogP contribution in [0.5, 0.6) is 0 Å². The number of nitrogens with two attached hydrogens (primary N) is 2. The lowest BCUT2D eigenvalue weighted by atomic mass is 9.59. The Morgan fingerprint density at radius 3 is 2.31 bits per heavy atom. The first kappa shape index (κ1) is 73.4. The standard InChI is InChI=1S/C41H54ClN9.C37H57FN6.C2H6/c1-6-28-21-41(14-7-19-50(41)24-28)17-13-35-45-33-22-40(15-11-26(2)29-9-10-32(44)31(23-43)36(29)40)16-12-30(33)39(46-35)49-18-8-20-51-34(25-49)37(42)38(47-51)27(3)48(4)5;1-6-13-28(14-7-2)42-36-30-17-16-26(21-33(30)43-34(9-4)44-36)35-29(18-19-32(40)31(35)23-39)25(8-3)15-11-10-12-20-37(5)22-27(38)24-41-37;1-2/h9-10,26,28H,3,6-8,11-22,24-25,44H2,1-2,4-5H3;18-19,25-28,41H,6-17,20-22,24,40H2,1-5H3,(H,42,43,44);1-2H3/t;25-,26?,27?,37?;/m.1./s1. The average Bonchev–Trinajstić information content (AvgIpc) is 1.50. The second-order valence-corrected chi connectivity index (χ2v) is 30.7. The van der Waals surface area contributed by atoms with Crippen LogP contribution in [0.25, 0.3) is 5.70 Å². The van der Waals surface area contributed by atoms with Crippen LogP contribution < -0.4 is 27.0 Å². The summed E-state index contributed by atoms with van der Waals surface area (Å²) in [6.45, 7) is 29.2. The summed E-state index contributed by atoms with van der Waals surface area (Å²) in [5.74, 6) is 5.74. The first-order valence-corrected chi connectivity index (χ1v) is 38.4. The third kappa shape index (κ3) is 15.7. The van der Waals surface area contributed by atoms with Gasteiger partial charge in [-0.15, -0.1) is 0 Å².